The minimum absolute atomic E-state index is 0.0576. The molecule has 1 aliphatic rings. The monoisotopic (exact) mass is 419 g/mol. The van der Waals surface area contributed by atoms with Gasteiger partial charge in [-0.25, -0.2) is 4.79 Å². The number of hydrogen-bond donors (Lipinski definition) is 3. The third kappa shape index (κ3) is 5.24. The van der Waals surface area contributed by atoms with Crippen LogP contribution in [-0.4, -0.2) is 43.0 Å². The molecule has 1 aliphatic heterocycles. The molecule has 0 aliphatic carbocycles. The predicted molar refractivity (Wildman–Crippen MR) is 105 cm³/mol. The third-order valence-corrected chi connectivity index (χ3v) is 5.07. The summed E-state index contributed by atoms with van der Waals surface area (Å²) >= 11 is 0. The third-order valence-electron chi connectivity index (χ3n) is 4.57. The van der Waals surface area contributed by atoms with Crippen LogP contribution in [0.3, 0.4) is 0 Å². The van der Waals surface area contributed by atoms with Crippen molar-refractivity contribution in [1.82, 2.24) is 10.2 Å². The molecule has 154 valence electrons. The van der Waals surface area contributed by atoms with Crippen LogP contribution >= 0.6 is 0 Å². The lowest BCUT2D eigenvalue weighted by atomic mass is 9.93. The molecule has 1 unspecified atom stereocenters. The molecule has 29 heavy (non-hydrogen) atoms. The predicted octanol–water partition coefficient (Wildman–Crippen LogP) is 1.71. The van der Waals surface area contributed by atoms with Crippen molar-refractivity contribution in [2.24, 2.45) is 0 Å². The average Bonchev–Trinajstić information content (AvgIpc) is 2.70. The van der Waals surface area contributed by atoms with Crippen molar-refractivity contribution in [1.29, 1.82) is 0 Å². The summed E-state index contributed by atoms with van der Waals surface area (Å²) in [6.45, 7) is 0.121. The second-order valence-corrected chi connectivity index (χ2v) is 7.72. The van der Waals surface area contributed by atoms with E-state index in [1.165, 1.54) is 24.1 Å². The molecule has 0 spiro atoms. The van der Waals surface area contributed by atoms with Gasteiger partial charge in [-0.15, -0.1) is 0 Å². The van der Waals surface area contributed by atoms with E-state index in [1.54, 1.807) is 6.07 Å². The van der Waals surface area contributed by atoms with E-state index < -0.39 is 22.4 Å². The molecule has 1 atom stereocenters. The SMILES string of the molecule is CNC(=O)C1Cc2ccc(NS(=O)(=O)O)cc2CN1C(=O)OCc1ccccc1. The normalized spacial score (nSPS) is 15.9. The molecule has 0 saturated carbocycles. The first-order chi connectivity index (χ1) is 13.8. The Kier molecular flexibility index (Phi) is 6.04. The Balaban J connectivity index is 1.82. The molecule has 1 heterocycles. The lowest BCUT2D eigenvalue weighted by Gasteiger charge is -2.35. The van der Waals surface area contributed by atoms with Gasteiger partial charge in [0.2, 0.25) is 5.91 Å². The largest absolute Gasteiger partial charge is 0.445 e. The summed E-state index contributed by atoms with van der Waals surface area (Å²) in [5, 5.41) is 2.55. The van der Waals surface area contributed by atoms with Crippen LogP contribution < -0.4 is 10.0 Å². The second-order valence-electron chi connectivity index (χ2n) is 6.56. The van der Waals surface area contributed by atoms with Crippen LogP contribution in [-0.2, 0) is 39.4 Å². The zero-order valence-electron chi connectivity index (χ0n) is 15.7. The minimum Gasteiger partial charge on any atom is -0.445 e. The highest BCUT2D eigenvalue weighted by Crippen LogP contribution is 2.27. The molecule has 9 nitrogen and oxygen atoms in total. The summed E-state index contributed by atoms with van der Waals surface area (Å²) in [5.41, 5.74) is 2.42. The van der Waals surface area contributed by atoms with Crippen LogP contribution in [0, 0.1) is 0 Å². The number of nitrogens with zero attached hydrogens (tertiary/aromatic N) is 1. The second kappa shape index (κ2) is 8.50. The van der Waals surface area contributed by atoms with Gasteiger partial charge in [0.15, 0.2) is 0 Å². The molecular formula is C19H21N3O6S. The maximum absolute atomic E-state index is 12.7. The highest BCUT2D eigenvalue weighted by molar-refractivity contribution is 7.87. The van der Waals surface area contributed by atoms with Crippen molar-refractivity contribution in [2.45, 2.75) is 25.6 Å². The lowest BCUT2D eigenvalue weighted by Crippen LogP contribution is -2.52. The maximum Gasteiger partial charge on any atom is 0.411 e. The van der Waals surface area contributed by atoms with Crippen molar-refractivity contribution in [3.8, 4) is 0 Å². The van der Waals surface area contributed by atoms with Crippen molar-refractivity contribution in [3.05, 3.63) is 65.2 Å². The number of benzene rings is 2. The Hall–Kier alpha value is -3.11. The number of carbonyl (C=O) groups excluding carboxylic acids is 2. The van der Waals surface area contributed by atoms with E-state index in [4.69, 9.17) is 9.29 Å². The Morgan fingerprint density at radius 2 is 1.90 bits per heavy atom. The quantitative estimate of drug-likeness (QED) is 0.634. The lowest BCUT2D eigenvalue weighted by molar-refractivity contribution is -0.126. The fraction of sp³-hybridized carbons (Fsp3) is 0.263. The summed E-state index contributed by atoms with van der Waals surface area (Å²) in [6, 6.07) is 13.1. The van der Waals surface area contributed by atoms with Crippen LogP contribution in [0.2, 0.25) is 0 Å². The number of ether oxygens (including phenoxy) is 1. The molecule has 0 saturated heterocycles. The molecule has 10 heteroatoms. The molecule has 3 rings (SSSR count). The van der Waals surface area contributed by atoms with Crippen molar-refractivity contribution >= 4 is 28.0 Å². The van der Waals surface area contributed by atoms with E-state index in [0.29, 0.717) is 5.56 Å². The van der Waals surface area contributed by atoms with Gasteiger partial charge in [-0.2, -0.15) is 8.42 Å². The van der Waals surface area contributed by atoms with Crippen molar-refractivity contribution < 1.29 is 27.3 Å². The standard InChI is InChI=1S/C19H21N3O6S/c1-20-18(23)17-10-14-7-8-16(21-29(25,26)27)9-15(14)11-22(17)19(24)28-12-13-5-3-2-4-6-13/h2-9,17,21H,10-12H2,1H3,(H,20,23)(H,25,26,27). The van der Waals surface area contributed by atoms with Crippen LogP contribution in [0.15, 0.2) is 48.5 Å². The van der Waals surface area contributed by atoms with Crippen LogP contribution in [0.25, 0.3) is 0 Å². The van der Waals surface area contributed by atoms with Crippen LogP contribution in [0.4, 0.5) is 10.5 Å². The molecule has 0 fully saturated rings. The number of nitrogens with one attached hydrogen (secondary N) is 2. The fourth-order valence-corrected chi connectivity index (χ4v) is 3.62. The van der Waals surface area contributed by atoms with Gasteiger partial charge in [0.05, 0.1) is 12.2 Å². The number of amides is 2. The zero-order valence-corrected chi connectivity index (χ0v) is 16.5. The first-order valence-corrected chi connectivity index (χ1v) is 10.3. The van der Waals surface area contributed by atoms with Gasteiger partial charge in [-0.05, 0) is 28.8 Å². The summed E-state index contributed by atoms with van der Waals surface area (Å²) in [4.78, 5) is 26.3. The minimum atomic E-state index is -4.42. The van der Waals surface area contributed by atoms with E-state index in [9.17, 15) is 18.0 Å². The van der Waals surface area contributed by atoms with E-state index in [2.05, 4.69) is 5.32 Å². The van der Waals surface area contributed by atoms with Gasteiger partial charge < -0.3 is 10.1 Å². The fourth-order valence-electron chi connectivity index (χ4n) is 3.19. The van der Waals surface area contributed by atoms with Gasteiger partial charge in [-0.1, -0.05) is 36.4 Å². The smallest absolute Gasteiger partial charge is 0.411 e. The molecule has 0 aromatic heterocycles. The summed E-state index contributed by atoms with van der Waals surface area (Å²) < 4.78 is 38.4. The van der Waals surface area contributed by atoms with Gasteiger partial charge in [0, 0.05) is 13.5 Å². The summed E-state index contributed by atoms with van der Waals surface area (Å²) in [7, 11) is -2.93. The number of anilines is 1. The summed E-state index contributed by atoms with van der Waals surface area (Å²) in [5.74, 6) is -0.326. The highest BCUT2D eigenvalue weighted by Gasteiger charge is 2.35. The van der Waals surface area contributed by atoms with E-state index in [0.717, 1.165) is 11.1 Å². The molecule has 0 radical (unpaired) electrons. The van der Waals surface area contributed by atoms with Crippen LogP contribution in [0.1, 0.15) is 16.7 Å². The zero-order chi connectivity index (χ0) is 21.0. The number of likely N-dealkylation sites (N-methyl/N-ethyl adjacent to an activating group) is 1. The van der Waals surface area contributed by atoms with E-state index >= 15 is 0 Å². The van der Waals surface area contributed by atoms with Gasteiger partial charge >= 0.3 is 16.4 Å². The maximum atomic E-state index is 12.7. The van der Waals surface area contributed by atoms with E-state index in [1.807, 2.05) is 35.1 Å². The molecule has 2 amide bonds. The number of rotatable bonds is 5. The number of hydrogen-bond acceptors (Lipinski definition) is 5. The molecular weight excluding hydrogens is 398 g/mol. The first-order valence-electron chi connectivity index (χ1n) is 8.83. The Bertz CT molecular complexity index is 1010. The first kappa shape index (κ1) is 20.6. The topological polar surface area (TPSA) is 125 Å². The van der Waals surface area contributed by atoms with Gasteiger partial charge in [-0.3, -0.25) is 19.0 Å². The Labute approximate surface area is 168 Å². The van der Waals surface area contributed by atoms with Gasteiger partial charge in [0.25, 0.3) is 0 Å². The van der Waals surface area contributed by atoms with Gasteiger partial charge in [0.1, 0.15) is 12.6 Å². The Morgan fingerprint density at radius 3 is 2.55 bits per heavy atom. The van der Waals surface area contributed by atoms with Crippen LogP contribution in [0.5, 0.6) is 0 Å². The average molecular weight is 419 g/mol. The molecule has 3 N–H and O–H groups in total. The highest BCUT2D eigenvalue weighted by atomic mass is 32.2. The number of fused-ring (bicyclic) bond motifs is 1. The van der Waals surface area contributed by atoms with Crippen molar-refractivity contribution in [2.75, 3.05) is 11.8 Å². The Morgan fingerprint density at radius 1 is 1.17 bits per heavy atom. The number of carbonyl (C=O) groups is 2. The summed E-state index contributed by atoms with van der Waals surface area (Å²) in [6.07, 6.45) is -0.400. The van der Waals surface area contributed by atoms with Crippen molar-refractivity contribution in [3.63, 3.8) is 0 Å². The molecule has 2 aromatic carbocycles. The van der Waals surface area contributed by atoms with E-state index in [-0.39, 0.29) is 31.2 Å². The molecule has 0 bridgehead atoms. The molecule has 2 aromatic rings.